The maximum Gasteiger partial charge on any atom is 0.227 e. The molecule has 1 saturated heterocycles. The first-order valence-electron chi connectivity index (χ1n) is 6.67. The predicted octanol–water partition coefficient (Wildman–Crippen LogP) is 0.0841. The molecule has 18 heavy (non-hydrogen) atoms. The number of likely N-dealkylation sites (N-methyl/N-ethyl adjacent to an activating group) is 1. The highest BCUT2D eigenvalue weighted by atomic mass is 16.3. The van der Waals surface area contributed by atoms with Crippen LogP contribution in [0.1, 0.15) is 26.2 Å². The number of carbonyl (C=O) groups excluding carboxylic acids is 2. The number of carbonyl (C=O) groups is 2. The highest BCUT2D eigenvalue weighted by Crippen LogP contribution is 2.33. The van der Waals surface area contributed by atoms with Crippen molar-refractivity contribution in [2.24, 2.45) is 11.8 Å². The lowest BCUT2D eigenvalue weighted by Gasteiger charge is -2.23. The summed E-state index contributed by atoms with van der Waals surface area (Å²) in [6.45, 7) is 3.15. The summed E-state index contributed by atoms with van der Waals surface area (Å²) in [5.41, 5.74) is 0. The van der Waals surface area contributed by atoms with E-state index >= 15 is 0 Å². The Kier molecular flexibility index (Phi) is 3.90. The van der Waals surface area contributed by atoms with Gasteiger partial charge in [0.1, 0.15) is 0 Å². The van der Waals surface area contributed by atoms with Crippen molar-refractivity contribution in [1.82, 2.24) is 9.80 Å². The van der Waals surface area contributed by atoms with E-state index in [0.29, 0.717) is 25.6 Å². The van der Waals surface area contributed by atoms with Crippen molar-refractivity contribution in [2.75, 3.05) is 26.7 Å². The molecule has 2 amide bonds. The van der Waals surface area contributed by atoms with Crippen LogP contribution >= 0.6 is 0 Å². The first kappa shape index (κ1) is 13.3. The third-order valence-corrected chi connectivity index (χ3v) is 3.99. The van der Waals surface area contributed by atoms with Crippen LogP contribution in [0, 0.1) is 11.8 Å². The molecule has 1 saturated carbocycles. The van der Waals surface area contributed by atoms with E-state index in [2.05, 4.69) is 0 Å². The van der Waals surface area contributed by atoms with Crippen LogP contribution in [-0.4, -0.2) is 59.5 Å². The number of amides is 2. The zero-order chi connectivity index (χ0) is 13.3. The molecule has 0 aromatic heterocycles. The fourth-order valence-corrected chi connectivity index (χ4v) is 2.56. The third-order valence-electron chi connectivity index (χ3n) is 3.99. The second-order valence-corrected chi connectivity index (χ2v) is 5.57. The molecular weight excluding hydrogens is 232 g/mol. The average Bonchev–Trinajstić information content (AvgIpc) is 3.05. The van der Waals surface area contributed by atoms with Gasteiger partial charge in [-0.25, -0.2) is 0 Å². The van der Waals surface area contributed by atoms with Gasteiger partial charge in [0.15, 0.2) is 0 Å². The summed E-state index contributed by atoms with van der Waals surface area (Å²) < 4.78 is 0. The highest BCUT2D eigenvalue weighted by Gasteiger charge is 2.34. The Morgan fingerprint density at radius 3 is 2.56 bits per heavy atom. The maximum absolute atomic E-state index is 12.2. The van der Waals surface area contributed by atoms with Gasteiger partial charge in [0.2, 0.25) is 11.8 Å². The van der Waals surface area contributed by atoms with E-state index < -0.39 is 0 Å². The van der Waals surface area contributed by atoms with Crippen molar-refractivity contribution in [3.8, 4) is 0 Å². The average molecular weight is 254 g/mol. The van der Waals surface area contributed by atoms with Gasteiger partial charge in [0.05, 0.1) is 12.0 Å². The van der Waals surface area contributed by atoms with Crippen LogP contribution in [0.5, 0.6) is 0 Å². The molecule has 2 unspecified atom stereocenters. The molecule has 0 aromatic carbocycles. The lowest BCUT2D eigenvalue weighted by molar-refractivity contribution is -0.135. The van der Waals surface area contributed by atoms with Gasteiger partial charge >= 0.3 is 0 Å². The van der Waals surface area contributed by atoms with E-state index in [9.17, 15) is 14.7 Å². The molecule has 1 aliphatic carbocycles. The summed E-state index contributed by atoms with van der Waals surface area (Å²) in [7, 11) is 1.74. The molecule has 1 N–H and O–H groups in total. The molecule has 5 heteroatoms. The largest absolute Gasteiger partial charge is 0.391 e. The van der Waals surface area contributed by atoms with Crippen LogP contribution in [-0.2, 0) is 9.59 Å². The molecule has 0 bridgehead atoms. The lowest BCUT2D eigenvalue weighted by Crippen LogP contribution is -2.40. The van der Waals surface area contributed by atoms with Crippen LogP contribution in [0.3, 0.4) is 0 Å². The SMILES string of the molecule is CC(=O)N1CCC(C(=O)N(C)CC(O)C2CC2)C1. The van der Waals surface area contributed by atoms with Gasteiger partial charge in [0.25, 0.3) is 0 Å². The number of aliphatic hydroxyl groups is 1. The molecule has 2 fully saturated rings. The first-order chi connectivity index (χ1) is 8.49. The summed E-state index contributed by atoms with van der Waals surface area (Å²) in [6, 6.07) is 0. The van der Waals surface area contributed by atoms with E-state index in [1.807, 2.05) is 0 Å². The molecule has 2 rings (SSSR count). The highest BCUT2D eigenvalue weighted by molar-refractivity contribution is 5.81. The molecule has 0 aromatic rings. The van der Waals surface area contributed by atoms with Crippen LogP contribution in [0.15, 0.2) is 0 Å². The molecule has 102 valence electrons. The number of aliphatic hydroxyl groups excluding tert-OH is 1. The van der Waals surface area contributed by atoms with Crippen molar-refractivity contribution >= 4 is 11.8 Å². The lowest BCUT2D eigenvalue weighted by atomic mass is 10.1. The van der Waals surface area contributed by atoms with Crippen LogP contribution < -0.4 is 0 Å². The summed E-state index contributed by atoms with van der Waals surface area (Å²) in [5, 5.41) is 9.83. The molecular formula is C13H22N2O3. The summed E-state index contributed by atoms with van der Waals surface area (Å²) in [6.07, 6.45) is 2.50. The number of rotatable bonds is 4. The Bertz CT molecular complexity index is 341. The Morgan fingerprint density at radius 2 is 2.06 bits per heavy atom. The van der Waals surface area contributed by atoms with Gasteiger partial charge in [-0.1, -0.05) is 0 Å². The molecule has 0 radical (unpaired) electrons. The zero-order valence-electron chi connectivity index (χ0n) is 11.1. The van der Waals surface area contributed by atoms with Crippen molar-refractivity contribution in [1.29, 1.82) is 0 Å². The van der Waals surface area contributed by atoms with Gasteiger partial charge in [-0.15, -0.1) is 0 Å². The smallest absolute Gasteiger partial charge is 0.227 e. The topological polar surface area (TPSA) is 60.9 Å². The van der Waals surface area contributed by atoms with Crippen LogP contribution in [0.4, 0.5) is 0 Å². The zero-order valence-corrected chi connectivity index (χ0v) is 11.1. The quantitative estimate of drug-likeness (QED) is 0.773. The van der Waals surface area contributed by atoms with Crippen LogP contribution in [0.25, 0.3) is 0 Å². The molecule has 1 heterocycles. The number of hydrogen-bond donors (Lipinski definition) is 1. The Balaban J connectivity index is 1.81. The molecule has 2 atom stereocenters. The van der Waals surface area contributed by atoms with E-state index in [0.717, 1.165) is 19.3 Å². The predicted molar refractivity (Wildman–Crippen MR) is 66.7 cm³/mol. The summed E-state index contributed by atoms with van der Waals surface area (Å²) in [4.78, 5) is 26.7. The fourth-order valence-electron chi connectivity index (χ4n) is 2.56. The van der Waals surface area contributed by atoms with Gasteiger partial charge in [0, 0.05) is 33.6 Å². The van der Waals surface area contributed by atoms with E-state index in [4.69, 9.17) is 0 Å². The summed E-state index contributed by atoms with van der Waals surface area (Å²) in [5.74, 6) is 0.382. The molecule has 1 aliphatic heterocycles. The Morgan fingerprint density at radius 1 is 1.39 bits per heavy atom. The normalized spacial score (nSPS) is 25.1. The molecule has 5 nitrogen and oxygen atoms in total. The molecule has 0 spiro atoms. The standard InChI is InChI=1S/C13H22N2O3/c1-9(16)15-6-5-11(7-15)13(18)14(2)8-12(17)10-3-4-10/h10-12,17H,3-8H2,1-2H3. The van der Waals surface area contributed by atoms with Gasteiger partial charge < -0.3 is 14.9 Å². The minimum Gasteiger partial charge on any atom is -0.391 e. The minimum atomic E-state index is -0.385. The molecule has 2 aliphatic rings. The van der Waals surface area contributed by atoms with Gasteiger partial charge in [-0.05, 0) is 25.2 Å². The number of likely N-dealkylation sites (tertiary alicyclic amines) is 1. The van der Waals surface area contributed by atoms with Crippen molar-refractivity contribution in [3.05, 3.63) is 0 Å². The van der Waals surface area contributed by atoms with E-state index in [-0.39, 0.29) is 23.8 Å². The number of nitrogens with zero attached hydrogens (tertiary/aromatic N) is 2. The van der Waals surface area contributed by atoms with E-state index in [1.165, 1.54) is 6.92 Å². The van der Waals surface area contributed by atoms with Crippen LogP contribution in [0.2, 0.25) is 0 Å². The minimum absolute atomic E-state index is 0.0333. The number of hydrogen-bond acceptors (Lipinski definition) is 3. The van der Waals surface area contributed by atoms with E-state index in [1.54, 1.807) is 16.8 Å². The Hall–Kier alpha value is -1.10. The van der Waals surface area contributed by atoms with Gasteiger partial charge in [-0.2, -0.15) is 0 Å². The maximum atomic E-state index is 12.2. The van der Waals surface area contributed by atoms with Gasteiger partial charge in [-0.3, -0.25) is 9.59 Å². The van der Waals surface area contributed by atoms with Crippen molar-refractivity contribution in [2.45, 2.75) is 32.3 Å². The second kappa shape index (κ2) is 5.26. The Labute approximate surface area is 108 Å². The van der Waals surface area contributed by atoms with Crippen molar-refractivity contribution in [3.63, 3.8) is 0 Å². The first-order valence-corrected chi connectivity index (χ1v) is 6.67. The monoisotopic (exact) mass is 254 g/mol. The summed E-state index contributed by atoms with van der Waals surface area (Å²) >= 11 is 0. The third kappa shape index (κ3) is 3.02. The van der Waals surface area contributed by atoms with Crippen molar-refractivity contribution < 1.29 is 14.7 Å². The second-order valence-electron chi connectivity index (χ2n) is 5.57. The fraction of sp³-hybridized carbons (Fsp3) is 0.846.